The van der Waals surface area contributed by atoms with Crippen molar-refractivity contribution in [3.63, 3.8) is 0 Å². The van der Waals surface area contributed by atoms with E-state index < -0.39 is 11.4 Å². The zero-order valence-corrected chi connectivity index (χ0v) is 15.3. The summed E-state index contributed by atoms with van der Waals surface area (Å²) < 4.78 is 5.72. The average Bonchev–Trinajstić information content (AvgIpc) is 3.03. The van der Waals surface area contributed by atoms with E-state index in [1.807, 2.05) is 0 Å². The Hall–Kier alpha value is -1.63. The van der Waals surface area contributed by atoms with Gasteiger partial charge in [0.15, 0.2) is 0 Å². The summed E-state index contributed by atoms with van der Waals surface area (Å²) in [4.78, 5) is 36.4. The molecule has 0 aromatic carbocycles. The number of rotatable bonds is 5. The lowest BCUT2D eigenvalue weighted by Crippen LogP contribution is -2.60. The number of piperidine rings is 1. The van der Waals surface area contributed by atoms with Crippen LogP contribution in [0.1, 0.15) is 70.6 Å². The molecule has 26 heavy (non-hydrogen) atoms. The highest BCUT2D eigenvalue weighted by Gasteiger charge is 2.42. The molecule has 3 rings (SSSR count). The molecule has 3 fully saturated rings. The van der Waals surface area contributed by atoms with Crippen LogP contribution in [-0.4, -0.2) is 47.7 Å². The molecule has 0 bridgehead atoms. The fourth-order valence-electron chi connectivity index (χ4n) is 4.66. The second-order valence-corrected chi connectivity index (χ2v) is 8.03. The van der Waals surface area contributed by atoms with Crippen molar-refractivity contribution in [2.75, 3.05) is 6.61 Å². The first-order valence-corrected chi connectivity index (χ1v) is 9.94. The third-order valence-corrected chi connectivity index (χ3v) is 6.17. The predicted octanol–water partition coefficient (Wildman–Crippen LogP) is 1.74. The maximum absolute atomic E-state index is 12.7. The van der Waals surface area contributed by atoms with E-state index >= 15 is 0 Å². The second kappa shape index (κ2) is 8.37. The van der Waals surface area contributed by atoms with Gasteiger partial charge in [-0.3, -0.25) is 14.4 Å². The first-order valence-electron chi connectivity index (χ1n) is 9.94. The lowest BCUT2D eigenvalue weighted by atomic mass is 9.77. The van der Waals surface area contributed by atoms with E-state index in [4.69, 9.17) is 4.74 Å². The minimum atomic E-state index is -0.947. The van der Waals surface area contributed by atoms with Gasteiger partial charge in [0.1, 0.15) is 0 Å². The Kier molecular flexibility index (Phi) is 6.16. The number of ether oxygens (including phenoxy) is 1. The Morgan fingerprint density at radius 1 is 1.15 bits per heavy atom. The number of aliphatic carboxylic acids is 1. The highest BCUT2D eigenvalue weighted by molar-refractivity contribution is 5.85. The zero-order valence-electron chi connectivity index (χ0n) is 15.3. The second-order valence-electron chi connectivity index (χ2n) is 8.03. The van der Waals surface area contributed by atoms with Crippen LogP contribution in [0.15, 0.2) is 0 Å². The van der Waals surface area contributed by atoms with Gasteiger partial charge in [0, 0.05) is 19.4 Å². The largest absolute Gasteiger partial charge is 0.481 e. The van der Waals surface area contributed by atoms with E-state index in [-0.39, 0.29) is 36.4 Å². The number of carbonyl (C=O) groups excluding carboxylic acids is 2. The molecule has 2 saturated heterocycles. The van der Waals surface area contributed by atoms with Crippen molar-refractivity contribution >= 4 is 17.8 Å². The zero-order chi connectivity index (χ0) is 18.6. The predicted molar refractivity (Wildman–Crippen MR) is 94.5 cm³/mol. The molecule has 3 N–H and O–H groups in total. The lowest BCUT2D eigenvalue weighted by Gasteiger charge is -2.37. The summed E-state index contributed by atoms with van der Waals surface area (Å²) in [5.41, 5.74) is -0.947. The Bertz CT molecular complexity index is 536. The summed E-state index contributed by atoms with van der Waals surface area (Å²) >= 11 is 0. The SMILES string of the molecule is O=C(CC1(C(=O)O)CCCCCC1)NC1CCC(=O)NC1C1CCCO1. The Morgan fingerprint density at radius 3 is 2.50 bits per heavy atom. The summed E-state index contributed by atoms with van der Waals surface area (Å²) in [5, 5.41) is 15.8. The van der Waals surface area contributed by atoms with Crippen molar-refractivity contribution < 1.29 is 24.2 Å². The molecule has 1 aliphatic carbocycles. The number of hydrogen-bond acceptors (Lipinski definition) is 4. The Balaban J connectivity index is 1.64. The molecule has 2 amide bonds. The van der Waals surface area contributed by atoms with Crippen LogP contribution < -0.4 is 10.6 Å². The van der Waals surface area contributed by atoms with Crippen LogP contribution in [0, 0.1) is 5.41 Å². The molecule has 1 saturated carbocycles. The first kappa shape index (κ1) is 19.1. The molecule has 0 aromatic heterocycles. The molecular formula is C19H30N2O5. The van der Waals surface area contributed by atoms with Crippen molar-refractivity contribution in [1.82, 2.24) is 10.6 Å². The molecule has 0 spiro atoms. The van der Waals surface area contributed by atoms with Crippen LogP contribution in [0.4, 0.5) is 0 Å². The van der Waals surface area contributed by atoms with Crippen LogP contribution in [0.2, 0.25) is 0 Å². The monoisotopic (exact) mass is 366 g/mol. The molecule has 2 heterocycles. The summed E-state index contributed by atoms with van der Waals surface area (Å²) in [6.07, 6.45) is 7.63. The summed E-state index contributed by atoms with van der Waals surface area (Å²) in [6.45, 7) is 0.680. The average molecular weight is 366 g/mol. The summed E-state index contributed by atoms with van der Waals surface area (Å²) in [5.74, 6) is -1.10. The van der Waals surface area contributed by atoms with Crippen molar-refractivity contribution in [3.8, 4) is 0 Å². The summed E-state index contributed by atoms with van der Waals surface area (Å²) in [6, 6.07) is -0.419. The fourth-order valence-corrected chi connectivity index (χ4v) is 4.66. The normalized spacial score (nSPS) is 31.7. The first-order chi connectivity index (χ1) is 12.5. The van der Waals surface area contributed by atoms with Gasteiger partial charge in [-0.25, -0.2) is 0 Å². The highest BCUT2D eigenvalue weighted by Crippen LogP contribution is 2.38. The third-order valence-electron chi connectivity index (χ3n) is 6.17. The maximum atomic E-state index is 12.7. The van der Waals surface area contributed by atoms with E-state index in [9.17, 15) is 19.5 Å². The van der Waals surface area contributed by atoms with E-state index in [1.165, 1.54) is 0 Å². The molecule has 146 valence electrons. The molecule has 3 atom stereocenters. The molecule has 7 heteroatoms. The minimum absolute atomic E-state index is 0.0122. The molecule has 3 aliphatic rings. The molecule has 2 aliphatic heterocycles. The molecule has 0 radical (unpaired) electrons. The van der Waals surface area contributed by atoms with Gasteiger partial charge in [0.25, 0.3) is 0 Å². The number of carboxylic acids is 1. The quantitative estimate of drug-likeness (QED) is 0.643. The summed E-state index contributed by atoms with van der Waals surface area (Å²) in [7, 11) is 0. The van der Waals surface area contributed by atoms with Gasteiger partial charge in [0.2, 0.25) is 11.8 Å². The molecule has 0 aromatic rings. The van der Waals surface area contributed by atoms with Gasteiger partial charge < -0.3 is 20.5 Å². The van der Waals surface area contributed by atoms with E-state index in [0.717, 1.165) is 38.5 Å². The van der Waals surface area contributed by atoms with E-state index in [0.29, 0.717) is 32.3 Å². The third kappa shape index (κ3) is 4.37. The van der Waals surface area contributed by atoms with Gasteiger partial charge in [-0.1, -0.05) is 25.7 Å². The van der Waals surface area contributed by atoms with Crippen LogP contribution in [0.5, 0.6) is 0 Å². The molecule has 7 nitrogen and oxygen atoms in total. The van der Waals surface area contributed by atoms with Crippen LogP contribution in [0.25, 0.3) is 0 Å². The molecular weight excluding hydrogens is 336 g/mol. The number of carbonyl (C=O) groups is 3. The van der Waals surface area contributed by atoms with Crippen molar-refractivity contribution in [1.29, 1.82) is 0 Å². The Morgan fingerprint density at radius 2 is 1.88 bits per heavy atom. The van der Waals surface area contributed by atoms with Crippen molar-refractivity contribution in [3.05, 3.63) is 0 Å². The fraction of sp³-hybridized carbons (Fsp3) is 0.842. The van der Waals surface area contributed by atoms with Crippen molar-refractivity contribution in [2.24, 2.45) is 5.41 Å². The topological polar surface area (TPSA) is 105 Å². The Labute approximate surface area is 154 Å². The van der Waals surface area contributed by atoms with Crippen molar-refractivity contribution in [2.45, 2.75) is 88.8 Å². The number of nitrogens with one attached hydrogen (secondary N) is 2. The van der Waals surface area contributed by atoms with Gasteiger partial charge in [-0.15, -0.1) is 0 Å². The van der Waals surface area contributed by atoms with Gasteiger partial charge in [-0.2, -0.15) is 0 Å². The molecule has 3 unspecified atom stereocenters. The van der Waals surface area contributed by atoms with Gasteiger partial charge >= 0.3 is 5.97 Å². The van der Waals surface area contributed by atoms with Gasteiger partial charge in [0.05, 0.1) is 23.6 Å². The van der Waals surface area contributed by atoms with E-state index in [1.54, 1.807) is 0 Å². The standard InChI is InChI=1S/C19H30N2O5/c22-15-8-7-13(17(21-15)14-6-5-11-26-14)20-16(23)12-19(18(24)25)9-3-1-2-4-10-19/h13-14,17H,1-12H2,(H,20,23)(H,21,22)(H,24,25). The number of hydrogen-bond donors (Lipinski definition) is 3. The van der Waals surface area contributed by atoms with Gasteiger partial charge in [-0.05, 0) is 32.1 Å². The number of carboxylic acid groups (broad SMARTS) is 1. The maximum Gasteiger partial charge on any atom is 0.310 e. The van der Waals surface area contributed by atoms with Crippen LogP contribution >= 0.6 is 0 Å². The van der Waals surface area contributed by atoms with E-state index in [2.05, 4.69) is 10.6 Å². The number of amides is 2. The van der Waals surface area contributed by atoms with Crippen LogP contribution in [-0.2, 0) is 19.1 Å². The van der Waals surface area contributed by atoms with Crippen LogP contribution in [0.3, 0.4) is 0 Å². The minimum Gasteiger partial charge on any atom is -0.481 e. The smallest absolute Gasteiger partial charge is 0.310 e. The lowest BCUT2D eigenvalue weighted by molar-refractivity contribution is -0.153. The highest BCUT2D eigenvalue weighted by atomic mass is 16.5.